The van der Waals surface area contributed by atoms with Gasteiger partial charge in [0.05, 0.1) is 28.1 Å². The van der Waals surface area contributed by atoms with Crippen LogP contribution in [0, 0.1) is 6.33 Å². The number of aromatic nitrogens is 4. The van der Waals surface area contributed by atoms with Crippen LogP contribution in [-0.4, -0.2) is 14.1 Å². The van der Waals surface area contributed by atoms with Gasteiger partial charge in [-0.25, -0.2) is 4.98 Å². The molecule has 0 aliphatic carbocycles. The fraction of sp³-hybridized carbons (Fsp3) is 0.296. The van der Waals surface area contributed by atoms with E-state index in [1.165, 1.54) is 44.3 Å². The largest absolute Gasteiger partial charge is 0.458 e. The molecule has 76 heavy (non-hydrogen) atoms. The zero-order valence-electron chi connectivity index (χ0n) is 47.6. The lowest BCUT2D eigenvalue weighted by Gasteiger charge is -2.32. The molecule has 0 N–H and O–H groups in total. The van der Waals surface area contributed by atoms with E-state index in [9.17, 15) is 0 Å². The maximum absolute atomic E-state index is 7.20. The molecule has 5 nitrogen and oxygen atoms in total. The molecule has 0 bridgehead atoms. The molecule has 10 rings (SSSR count). The Labute approximate surface area is 452 Å². The maximum atomic E-state index is 7.20. The van der Waals surface area contributed by atoms with Gasteiger partial charge >= 0.3 is 0 Å². The first kappa shape index (κ1) is 52.0. The van der Waals surface area contributed by atoms with Gasteiger partial charge in [-0.15, -0.1) is 0 Å². The summed E-state index contributed by atoms with van der Waals surface area (Å²) in [6.45, 7) is 34.4. The minimum Gasteiger partial charge on any atom is -0.458 e. The summed E-state index contributed by atoms with van der Waals surface area (Å²) in [7, 11) is 0. The summed E-state index contributed by atoms with van der Waals surface area (Å²) < 4.78 is 14.0. The Hall–Kier alpha value is -7.50. The van der Waals surface area contributed by atoms with Gasteiger partial charge in [0.1, 0.15) is 17.3 Å². The monoisotopic (exact) mass is 1000 g/mol. The summed E-state index contributed by atoms with van der Waals surface area (Å²) in [6, 6.07) is 64.2. The van der Waals surface area contributed by atoms with Crippen LogP contribution in [0.5, 0.6) is 11.5 Å². The summed E-state index contributed by atoms with van der Waals surface area (Å²) in [4.78, 5) is 5.02. The molecule has 0 fully saturated rings. The number of imidazole rings is 1. The number of pyridine rings is 1. The van der Waals surface area contributed by atoms with Crippen LogP contribution in [0.2, 0.25) is 0 Å². The number of rotatable bonds is 11. The van der Waals surface area contributed by atoms with E-state index in [4.69, 9.17) is 9.72 Å². The van der Waals surface area contributed by atoms with Gasteiger partial charge in [-0.1, -0.05) is 207 Å². The van der Waals surface area contributed by atoms with E-state index in [1.54, 1.807) is 0 Å². The first-order valence-corrected chi connectivity index (χ1v) is 27.1. The Morgan fingerprint density at radius 3 is 1.46 bits per heavy atom. The van der Waals surface area contributed by atoms with Gasteiger partial charge in [-0.05, 0) is 127 Å². The minimum atomic E-state index is -0.374. The Kier molecular flexibility index (Phi) is 13.0. The van der Waals surface area contributed by atoms with Crippen LogP contribution < -0.4 is 9.30 Å². The fourth-order valence-corrected chi connectivity index (χ4v) is 10.8. The van der Waals surface area contributed by atoms with Crippen LogP contribution in [0.3, 0.4) is 0 Å². The van der Waals surface area contributed by atoms with Crippen molar-refractivity contribution in [2.24, 2.45) is 0 Å². The molecule has 5 heteroatoms. The Morgan fingerprint density at radius 1 is 0.408 bits per heavy atom. The lowest BCUT2D eigenvalue weighted by atomic mass is 9.73. The summed E-state index contributed by atoms with van der Waals surface area (Å²) in [5.41, 5.74) is 13.9. The van der Waals surface area contributed by atoms with E-state index < -0.39 is 0 Å². The third-order valence-electron chi connectivity index (χ3n) is 16.1. The van der Waals surface area contributed by atoms with Crippen molar-refractivity contribution >= 4 is 21.8 Å². The average Bonchev–Trinajstić information content (AvgIpc) is 4.00. The van der Waals surface area contributed by atoms with E-state index in [0.29, 0.717) is 0 Å². The lowest BCUT2D eigenvalue weighted by Crippen LogP contribution is -2.31. The minimum absolute atomic E-state index is 0.0128. The van der Waals surface area contributed by atoms with Gasteiger partial charge in [0.15, 0.2) is 0 Å². The highest BCUT2D eigenvalue weighted by atomic mass is 16.5. The molecule has 0 amide bonds. The number of fused-ring (bicyclic) bond motifs is 3. The fourth-order valence-electron chi connectivity index (χ4n) is 10.8. The van der Waals surface area contributed by atoms with Crippen LogP contribution in [0.25, 0.3) is 39.0 Å². The normalized spacial score (nSPS) is 12.9. The van der Waals surface area contributed by atoms with Crippen LogP contribution in [0.1, 0.15) is 154 Å². The van der Waals surface area contributed by atoms with Gasteiger partial charge < -0.3 is 4.74 Å². The quantitative estimate of drug-likeness (QED) is 0.0956. The van der Waals surface area contributed by atoms with Crippen LogP contribution in [0.4, 0.5) is 0 Å². The van der Waals surface area contributed by atoms with E-state index in [-0.39, 0.29) is 32.5 Å². The Bertz CT molecular complexity index is 3670. The smallest absolute Gasteiger partial charge is 0.269 e. The number of hydrogen-bond acceptors (Lipinski definition) is 2. The summed E-state index contributed by atoms with van der Waals surface area (Å²) in [5, 5.41) is 2.35. The third kappa shape index (κ3) is 9.81. The predicted octanol–water partition coefficient (Wildman–Crippen LogP) is 17.7. The van der Waals surface area contributed by atoms with Crippen molar-refractivity contribution < 1.29 is 9.30 Å². The molecule has 0 saturated carbocycles. The maximum Gasteiger partial charge on any atom is 0.269 e. The molecule has 7 aromatic carbocycles. The summed E-state index contributed by atoms with van der Waals surface area (Å²) in [6.07, 6.45) is 8.16. The van der Waals surface area contributed by atoms with Gasteiger partial charge in [-0.2, -0.15) is 0 Å². The second-order valence-corrected chi connectivity index (χ2v) is 25.8. The van der Waals surface area contributed by atoms with Crippen LogP contribution in [-0.2, 0) is 32.5 Å². The van der Waals surface area contributed by atoms with Gasteiger partial charge in [0.25, 0.3) is 6.33 Å². The molecule has 0 atom stereocenters. The average molecular weight is 1000 g/mol. The lowest BCUT2D eigenvalue weighted by molar-refractivity contribution is -0.599. The van der Waals surface area contributed by atoms with Crippen LogP contribution in [0.15, 0.2) is 188 Å². The number of ether oxygens (including phenoxy) is 1. The van der Waals surface area contributed by atoms with Crippen molar-refractivity contribution in [1.82, 2.24) is 14.1 Å². The van der Waals surface area contributed by atoms with Gasteiger partial charge in [-0.3, -0.25) is 13.7 Å². The SMILES string of the molecule is CC(C)(C)c1ccnc(-n2c3ccc(C(C)(C)C)cc3c3ccc(Oc4cc(-n5[c-][n+](-c6cc(C(C)(C)c7ccccc7)cc(C(C)(C)c7ccccc7)c6)cc5C(C)(C)C)cc(C(C)(C)c5ccccc5)c4)cc32)c1. The van der Waals surface area contributed by atoms with E-state index >= 15 is 0 Å². The predicted molar refractivity (Wildman–Crippen MR) is 317 cm³/mol. The van der Waals surface area contributed by atoms with E-state index in [2.05, 4.69) is 306 Å². The molecular weight excluding hydrogens is 925 g/mol. The van der Waals surface area contributed by atoms with E-state index in [0.717, 1.165) is 56.4 Å². The van der Waals surface area contributed by atoms with E-state index in [1.807, 2.05) is 6.20 Å². The number of nitrogens with zero attached hydrogens (tertiary/aromatic N) is 4. The van der Waals surface area contributed by atoms with Gasteiger partial charge in [0, 0.05) is 45.5 Å². The Balaban J connectivity index is 1.16. The molecule has 0 radical (unpaired) electrons. The van der Waals surface area contributed by atoms with Crippen molar-refractivity contribution in [2.45, 2.75) is 136 Å². The molecule has 3 heterocycles. The number of benzene rings is 7. The molecule has 0 spiro atoms. The van der Waals surface area contributed by atoms with Crippen molar-refractivity contribution in [1.29, 1.82) is 0 Å². The zero-order valence-corrected chi connectivity index (χ0v) is 47.6. The molecule has 0 unspecified atom stereocenters. The highest BCUT2D eigenvalue weighted by Gasteiger charge is 2.32. The molecular formula is C71H76N4O. The van der Waals surface area contributed by atoms with Crippen molar-refractivity contribution in [3.05, 3.63) is 245 Å². The molecule has 10 aromatic rings. The number of hydrogen-bond donors (Lipinski definition) is 0. The zero-order chi connectivity index (χ0) is 54.2. The molecule has 0 aliphatic heterocycles. The first-order valence-electron chi connectivity index (χ1n) is 27.1. The molecule has 3 aromatic heterocycles. The van der Waals surface area contributed by atoms with Crippen molar-refractivity contribution in [3.63, 3.8) is 0 Å². The van der Waals surface area contributed by atoms with Crippen LogP contribution >= 0.6 is 0 Å². The molecule has 0 saturated heterocycles. The summed E-state index contributed by atoms with van der Waals surface area (Å²) >= 11 is 0. The first-order chi connectivity index (χ1) is 35.8. The summed E-state index contributed by atoms with van der Waals surface area (Å²) in [5.74, 6) is 2.38. The van der Waals surface area contributed by atoms with Crippen molar-refractivity contribution in [3.8, 4) is 28.7 Å². The second-order valence-electron chi connectivity index (χ2n) is 25.8. The highest BCUT2D eigenvalue weighted by Crippen LogP contribution is 2.42. The highest BCUT2D eigenvalue weighted by molar-refractivity contribution is 6.09. The second kappa shape index (κ2) is 19.0. The van der Waals surface area contributed by atoms with Gasteiger partial charge in [0.2, 0.25) is 0 Å². The third-order valence-corrected chi connectivity index (χ3v) is 16.1. The molecule has 0 aliphatic rings. The topological polar surface area (TPSA) is 35.9 Å². The Morgan fingerprint density at radius 2 is 0.934 bits per heavy atom. The van der Waals surface area contributed by atoms with Crippen molar-refractivity contribution in [2.75, 3.05) is 0 Å². The standard InChI is InChI=1S/C71H76N4O/c1-66(2,3)51-31-34-62-61(42-51)60-33-32-58(45-63(60)75(62)65-43-52(35-36-72-65)67(4,5)6)76-59-41-55(71(14,15)50-29-23-18-24-30-50)40-57(44-59)74-47-73(46-64(74)68(7,8)9)56-38-53(69(10,11)48-25-19-16-20-26-48)37-54(39-56)70(12,13)49-27-21-17-22-28-49/h16-46H,1-15H3. The molecule has 386 valence electrons.